The number of carbonyl (C=O) groups is 2. The van der Waals surface area contributed by atoms with Gasteiger partial charge in [-0.25, -0.2) is 4.79 Å². The molecule has 24 heavy (non-hydrogen) atoms. The third-order valence-corrected chi connectivity index (χ3v) is 3.43. The van der Waals surface area contributed by atoms with Gasteiger partial charge in [-0.3, -0.25) is 14.9 Å². The van der Waals surface area contributed by atoms with Crippen molar-refractivity contribution in [1.29, 1.82) is 0 Å². The second kappa shape index (κ2) is 6.37. The summed E-state index contributed by atoms with van der Waals surface area (Å²) in [7, 11) is 0. The Morgan fingerprint density at radius 1 is 1.25 bits per heavy atom. The summed E-state index contributed by atoms with van der Waals surface area (Å²) in [6.07, 6.45) is 0. The van der Waals surface area contributed by atoms with Crippen LogP contribution in [0.15, 0.2) is 48.5 Å². The van der Waals surface area contributed by atoms with Gasteiger partial charge in [0.2, 0.25) is 5.91 Å². The van der Waals surface area contributed by atoms with Crippen molar-refractivity contribution in [3.8, 4) is 5.75 Å². The van der Waals surface area contributed by atoms with Gasteiger partial charge in [0.25, 0.3) is 5.69 Å². The van der Waals surface area contributed by atoms with E-state index >= 15 is 0 Å². The van der Waals surface area contributed by atoms with Crippen molar-refractivity contribution in [2.45, 2.75) is 0 Å². The van der Waals surface area contributed by atoms with Crippen molar-refractivity contribution in [2.24, 2.45) is 0 Å². The summed E-state index contributed by atoms with van der Waals surface area (Å²) in [5, 5.41) is 13.5. The number of benzene rings is 2. The van der Waals surface area contributed by atoms with E-state index in [4.69, 9.17) is 4.74 Å². The van der Waals surface area contributed by atoms with E-state index in [2.05, 4.69) is 5.32 Å². The Kier molecular flexibility index (Phi) is 4.11. The van der Waals surface area contributed by atoms with E-state index in [1.165, 1.54) is 23.1 Å². The summed E-state index contributed by atoms with van der Waals surface area (Å²) >= 11 is 0. The standard InChI is InChI=1S/C16H13N3O5/c20-15(17-11-4-2-1-3-5-11)9-18-10-16(21)24-14-8-12(19(22)23)6-7-13(14)18/h1-8H,9-10H2,(H,17,20). The highest BCUT2D eigenvalue weighted by Gasteiger charge is 2.27. The molecule has 0 radical (unpaired) electrons. The maximum Gasteiger partial charge on any atom is 0.331 e. The summed E-state index contributed by atoms with van der Waals surface area (Å²) in [6.45, 7) is -0.179. The maximum atomic E-state index is 12.2. The van der Waals surface area contributed by atoms with E-state index in [1.807, 2.05) is 6.07 Å². The molecule has 1 amide bonds. The molecule has 0 aliphatic carbocycles. The van der Waals surface area contributed by atoms with Crippen molar-refractivity contribution in [3.05, 3.63) is 58.6 Å². The molecule has 8 nitrogen and oxygen atoms in total. The monoisotopic (exact) mass is 327 g/mol. The van der Waals surface area contributed by atoms with Gasteiger partial charge in [-0.15, -0.1) is 0 Å². The van der Waals surface area contributed by atoms with E-state index in [-0.39, 0.29) is 30.4 Å². The number of amides is 1. The Balaban J connectivity index is 1.78. The lowest BCUT2D eigenvalue weighted by molar-refractivity contribution is -0.384. The second-order valence-electron chi connectivity index (χ2n) is 5.15. The normalized spacial score (nSPS) is 13.0. The van der Waals surface area contributed by atoms with Crippen molar-refractivity contribution < 1.29 is 19.2 Å². The van der Waals surface area contributed by atoms with Crippen LogP contribution in [0.25, 0.3) is 0 Å². The number of para-hydroxylation sites is 1. The number of ether oxygens (including phenoxy) is 1. The molecule has 0 fully saturated rings. The number of rotatable bonds is 4. The van der Waals surface area contributed by atoms with Crippen molar-refractivity contribution >= 4 is 28.9 Å². The Bertz CT molecular complexity index is 807. The zero-order chi connectivity index (χ0) is 17.1. The number of nitro groups is 1. The molecule has 1 heterocycles. The fraction of sp³-hybridized carbons (Fsp3) is 0.125. The number of non-ortho nitro benzene ring substituents is 1. The fourth-order valence-electron chi connectivity index (χ4n) is 2.39. The molecule has 1 N–H and O–H groups in total. The van der Waals surface area contributed by atoms with Gasteiger partial charge in [0.05, 0.1) is 23.2 Å². The van der Waals surface area contributed by atoms with Gasteiger partial charge in [0, 0.05) is 11.8 Å². The molecule has 2 aromatic carbocycles. The van der Waals surface area contributed by atoms with Gasteiger partial charge in [0.1, 0.15) is 6.54 Å². The number of carbonyl (C=O) groups excluding carboxylic acids is 2. The Morgan fingerprint density at radius 3 is 2.71 bits per heavy atom. The summed E-state index contributed by atoms with van der Waals surface area (Å²) in [5.74, 6) is -0.802. The van der Waals surface area contributed by atoms with Gasteiger partial charge in [-0.05, 0) is 18.2 Å². The van der Waals surface area contributed by atoms with E-state index < -0.39 is 10.9 Å². The van der Waals surface area contributed by atoms with Crippen LogP contribution in [0.4, 0.5) is 17.1 Å². The van der Waals surface area contributed by atoms with Crippen molar-refractivity contribution in [2.75, 3.05) is 23.3 Å². The number of nitrogens with one attached hydrogen (secondary N) is 1. The SMILES string of the molecule is O=C(CN1CC(=O)Oc2cc([N+](=O)[O-])ccc21)Nc1ccccc1. The van der Waals surface area contributed by atoms with E-state index in [0.717, 1.165) is 0 Å². The zero-order valence-electron chi connectivity index (χ0n) is 12.5. The van der Waals surface area contributed by atoms with E-state index in [1.54, 1.807) is 24.3 Å². The number of nitro benzene ring substituents is 1. The molecular weight excluding hydrogens is 314 g/mol. The molecule has 1 aliphatic heterocycles. The molecule has 0 saturated carbocycles. The Hall–Kier alpha value is -3.42. The van der Waals surface area contributed by atoms with Gasteiger partial charge >= 0.3 is 5.97 Å². The van der Waals surface area contributed by atoms with Crippen LogP contribution in [0, 0.1) is 10.1 Å². The first-order chi connectivity index (χ1) is 11.5. The number of esters is 1. The predicted octanol–water partition coefficient (Wildman–Crippen LogP) is 1.96. The van der Waals surface area contributed by atoms with Crippen molar-refractivity contribution in [3.63, 3.8) is 0 Å². The average molecular weight is 327 g/mol. The first-order valence-electron chi connectivity index (χ1n) is 7.12. The number of hydrogen-bond acceptors (Lipinski definition) is 6. The topological polar surface area (TPSA) is 102 Å². The van der Waals surface area contributed by atoms with Crippen LogP contribution in [0.1, 0.15) is 0 Å². The lowest BCUT2D eigenvalue weighted by Gasteiger charge is -2.28. The number of nitrogens with zero attached hydrogens (tertiary/aromatic N) is 2. The molecule has 0 saturated heterocycles. The van der Waals surface area contributed by atoms with Crippen molar-refractivity contribution in [1.82, 2.24) is 0 Å². The van der Waals surface area contributed by atoms with Crippen LogP contribution >= 0.6 is 0 Å². The van der Waals surface area contributed by atoms with Crippen LogP contribution in [0.3, 0.4) is 0 Å². The Morgan fingerprint density at radius 2 is 2.00 bits per heavy atom. The van der Waals surface area contributed by atoms with Gasteiger partial charge in [0.15, 0.2) is 5.75 Å². The first-order valence-corrected chi connectivity index (χ1v) is 7.12. The summed E-state index contributed by atoms with van der Waals surface area (Å²) in [6, 6.07) is 12.9. The highest BCUT2D eigenvalue weighted by Crippen LogP contribution is 2.34. The molecule has 8 heteroatoms. The fourth-order valence-corrected chi connectivity index (χ4v) is 2.39. The largest absolute Gasteiger partial charge is 0.423 e. The minimum atomic E-state index is -0.574. The number of fused-ring (bicyclic) bond motifs is 1. The summed E-state index contributed by atoms with van der Waals surface area (Å²) in [4.78, 5) is 35.6. The maximum absolute atomic E-state index is 12.2. The third-order valence-electron chi connectivity index (χ3n) is 3.43. The molecule has 0 aromatic heterocycles. The van der Waals surface area contributed by atoms with E-state index in [0.29, 0.717) is 11.4 Å². The second-order valence-corrected chi connectivity index (χ2v) is 5.15. The zero-order valence-corrected chi connectivity index (χ0v) is 12.5. The molecule has 2 aromatic rings. The average Bonchev–Trinajstić information content (AvgIpc) is 2.54. The molecule has 0 bridgehead atoms. The van der Waals surface area contributed by atoms with E-state index in [9.17, 15) is 19.7 Å². The molecular formula is C16H13N3O5. The lowest BCUT2D eigenvalue weighted by atomic mass is 10.2. The summed E-state index contributed by atoms with van der Waals surface area (Å²) < 4.78 is 5.04. The van der Waals surface area contributed by atoms with Crippen LogP contribution in [-0.4, -0.2) is 29.9 Å². The van der Waals surface area contributed by atoms with Gasteiger partial charge < -0.3 is 15.0 Å². The van der Waals surface area contributed by atoms with Crippen LogP contribution in [0.5, 0.6) is 5.75 Å². The first kappa shape index (κ1) is 15.5. The quantitative estimate of drug-likeness (QED) is 0.399. The molecule has 0 spiro atoms. The molecule has 3 rings (SSSR count). The molecule has 1 aliphatic rings. The predicted molar refractivity (Wildman–Crippen MR) is 86.0 cm³/mol. The molecule has 0 atom stereocenters. The lowest BCUT2D eigenvalue weighted by Crippen LogP contribution is -2.41. The summed E-state index contributed by atoms with van der Waals surface area (Å²) in [5.41, 5.74) is 0.923. The van der Waals surface area contributed by atoms with Gasteiger partial charge in [-0.1, -0.05) is 18.2 Å². The highest BCUT2D eigenvalue weighted by atomic mass is 16.6. The highest BCUT2D eigenvalue weighted by molar-refractivity contribution is 5.96. The molecule has 0 unspecified atom stereocenters. The van der Waals surface area contributed by atoms with Crippen LogP contribution in [-0.2, 0) is 9.59 Å². The minimum Gasteiger partial charge on any atom is -0.423 e. The number of anilines is 2. The van der Waals surface area contributed by atoms with Crippen LogP contribution in [0.2, 0.25) is 0 Å². The third kappa shape index (κ3) is 3.32. The van der Waals surface area contributed by atoms with Crippen LogP contribution < -0.4 is 15.0 Å². The molecule has 122 valence electrons. The minimum absolute atomic E-state index is 0.0746. The smallest absolute Gasteiger partial charge is 0.331 e. The Labute approximate surface area is 136 Å². The number of hydrogen-bond donors (Lipinski definition) is 1. The van der Waals surface area contributed by atoms with Gasteiger partial charge in [-0.2, -0.15) is 0 Å².